The topological polar surface area (TPSA) is 0 Å². The number of hydrogen-bond acceptors (Lipinski definition) is 0. The van der Waals surface area contributed by atoms with Crippen LogP contribution in [0.5, 0.6) is 0 Å². The summed E-state index contributed by atoms with van der Waals surface area (Å²) in [5.74, 6) is 0. The molecule has 0 atom stereocenters. The molecule has 0 unspecified atom stereocenters. The molecule has 0 N–H and O–H groups in total. The molecule has 0 spiro atoms. The minimum Gasteiger partial charge on any atom is -0.166 e. The van der Waals surface area contributed by atoms with E-state index in [1.54, 1.807) is 0 Å². The van der Waals surface area contributed by atoms with Crippen LogP contribution in [0.15, 0.2) is 36.5 Å². The third-order valence-corrected chi connectivity index (χ3v) is 1.82. The van der Waals surface area contributed by atoms with E-state index in [1.165, 1.54) is 6.08 Å². The Kier molecular flexibility index (Phi) is 4.38. The average molecular weight is 218 g/mol. The molecule has 3 heteroatoms. The van der Waals surface area contributed by atoms with Crippen LogP contribution >= 0.6 is 0 Å². The van der Waals surface area contributed by atoms with E-state index < -0.39 is 11.7 Å². The fourth-order valence-electron chi connectivity index (χ4n) is 1.28. The number of halogens is 3. The lowest BCUT2D eigenvalue weighted by molar-refractivity contribution is -0.0890. The van der Waals surface area contributed by atoms with Crippen LogP contribution < -0.4 is 0 Å². The normalized spacial score (nSPS) is 14.5. The lowest BCUT2D eigenvalue weighted by Gasteiger charge is -2.21. The Bertz CT molecular complexity index is 274. The van der Waals surface area contributed by atoms with Gasteiger partial charge in [0, 0.05) is 0 Å². The molecular formula is C12H17F3. The Morgan fingerprint density at radius 3 is 1.73 bits per heavy atom. The summed E-state index contributed by atoms with van der Waals surface area (Å²) in [5.41, 5.74) is -0.694. The van der Waals surface area contributed by atoms with Gasteiger partial charge in [-0.05, 0) is 17.4 Å². The van der Waals surface area contributed by atoms with E-state index in [0.717, 1.165) is 6.08 Å². The van der Waals surface area contributed by atoms with Crippen molar-refractivity contribution in [1.29, 1.82) is 0 Å². The van der Waals surface area contributed by atoms with Crippen molar-refractivity contribution < 1.29 is 13.2 Å². The van der Waals surface area contributed by atoms with Gasteiger partial charge in [0.1, 0.15) is 0 Å². The zero-order valence-corrected chi connectivity index (χ0v) is 9.41. The molecule has 0 fully saturated rings. The first-order chi connectivity index (χ1) is 6.61. The zero-order valence-electron chi connectivity index (χ0n) is 9.41. The zero-order chi connectivity index (χ0) is 12.3. The first-order valence-corrected chi connectivity index (χ1v) is 4.67. The van der Waals surface area contributed by atoms with Gasteiger partial charge in [-0.3, -0.25) is 0 Å². The smallest absolute Gasteiger partial charge is 0.166 e. The second kappa shape index (κ2) is 4.69. The fraction of sp³-hybridized carbons (Fsp3) is 0.500. The Hall–Kier alpha value is -0.990. The Morgan fingerprint density at radius 2 is 1.53 bits per heavy atom. The highest BCUT2D eigenvalue weighted by atomic mass is 19.4. The predicted octanol–water partition coefficient (Wildman–Crippen LogP) is 4.65. The van der Waals surface area contributed by atoms with Gasteiger partial charge in [-0.15, -0.1) is 0 Å². The molecule has 0 saturated heterocycles. The predicted molar refractivity (Wildman–Crippen MR) is 57.5 cm³/mol. The molecule has 0 aliphatic rings. The molecule has 0 aliphatic heterocycles. The fourth-order valence-corrected chi connectivity index (χ4v) is 1.28. The molecule has 0 aromatic rings. The first-order valence-electron chi connectivity index (χ1n) is 4.67. The molecule has 0 aromatic carbocycles. The van der Waals surface area contributed by atoms with Gasteiger partial charge in [0.25, 0.3) is 0 Å². The number of hydrogen-bond donors (Lipinski definition) is 0. The van der Waals surface area contributed by atoms with Crippen LogP contribution in [-0.4, -0.2) is 6.18 Å². The van der Waals surface area contributed by atoms with Crippen molar-refractivity contribution >= 4 is 0 Å². The summed E-state index contributed by atoms with van der Waals surface area (Å²) in [6.07, 6.45) is -1.91. The lowest BCUT2D eigenvalue weighted by Crippen LogP contribution is -2.15. The van der Waals surface area contributed by atoms with Crippen molar-refractivity contribution in [2.75, 3.05) is 0 Å². The number of alkyl halides is 3. The number of allylic oxidation sites excluding steroid dienone is 4. The summed E-state index contributed by atoms with van der Waals surface area (Å²) in [5, 5.41) is 0. The summed E-state index contributed by atoms with van der Waals surface area (Å²) in [7, 11) is 0. The molecule has 0 nitrogen and oxygen atoms in total. The SMILES string of the molecule is C=C/C(CC(C)(C)C)=C(\C=C)C(F)(F)F. The summed E-state index contributed by atoms with van der Waals surface area (Å²) in [4.78, 5) is 0. The summed E-state index contributed by atoms with van der Waals surface area (Å²) in [6, 6.07) is 0. The highest BCUT2D eigenvalue weighted by Crippen LogP contribution is 2.34. The largest absolute Gasteiger partial charge is 0.416 e. The van der Waals surface area contributed by atoms with Gasteiger partial charge in [-0.25, -0.2) is 0 Å². The van der Waals surface area contributed by atoms with Crippen LogP contribution in [0.3, 0.4) is 0 Å². The lowest BCUT2D eigenvalue weighted by atomic mass is 9.86. The molecule has 0 rings (SSSR count). The molecule has 0 saturated carbocycles. The summed E-state index contributed by atoms with van der Waals surface area (Å²) in [6.45, 7) is 12.3. The second-order valence-electron chi connectivity index (χ2n) is 4.58. The molecular weight excluding hydrogens is 201 g/mol. The van der Waals surface area contributed by atoms with Crippen LogP contribution in [0.2, 0.25) is 0 Å². The Labute approximate surface area is 89.2 Å². The first kappa shape index (κ1) is 14.0. The van der Waals surface area contributed by atoms with Crippen molar-refractivity contribution in [1.82, 2.24) is 0 Å². The van der Waals surface area contributed by atoms with E-state index in [0.29, 0.717) is 6.42 Å². The van der Waals surface area contributed by atoms with Crippen molar-refractivity contribution in [2.45, 2.75) is 33.4 Å². The Balaban J connectivity index is 5.28. The molecule has 0 aliphatic carbocycles. The van der Waals surface area contributed by atoms with Crippen LogP contribution in [0, 0.1) is 5.41 Å². The van der Waals surface area contributed by atoms with E-state index in [-0.39, 0.29) is 11.0 Å². The third-order valence-electron chi connectivity index (χ3n) is 1.82. The minimum atomic E-state index is -4.35. The maximum absolute atomic E-state index is 12.6. The molecule has 0 amide bonds. The standard InChI is InChI=1S/C12H17F3/c1-6-9(8-11(3,4)5)10(7-2)12(13,14)15/h6-7H,1-2,8H2,3-5H3/b10-9-. The van der Waals surface area contributed by atoms with E-state index >= 15 is 0 Å². The van der Waals surface area contributed by atoms with Crippen LogP contribution in [0.1, 0.15) is 27.2 Å². The van der Waals surface area contributed by atoms with E-state index in [4.69, 9.17) is 0 Å². The third kappa shape index (κ3) is 4.86. The molecule has 0 aromatic heterocycles. The molecule has 86 valence electrons. The highest BCUT2D eigenvalue weighted by Gasteiger charge is 2.34. The maximum Gasteiger partial charge on any atom is 0.416 e. The van der Waals surface area contributed by atoms with Gasteiger partial charge in [-0.2, -0.15) is 13.2 Å². The van der Waals surface area contributed by atoms with Gasteiger partial charge < -0.3 is 0 Å². The van der Waals surface area contributed by atoms with Gasteiger partial charge in [-0.1, -0.05) is 46.1 Å². The van der Waals surface area contributed by atoms with Crippen LogP contribution in [-0.2, 0) is 0 Å². The van der Waals surface area contributed by atoms with E-state index in [2.05, 4.69) is 13.2 Å². The monoisotopic (exact) mass is 218 g/mol. The van der Waals surface area contributed by atoms with Crippen LogP contribution in [0.25, 0.3) is 0 Å². The quantitative estimate of drug-likeness (QED) is 0.605. The minimum absolute atomic E-state index is 0.199. The molecule has 0 heterocycles. The second-order valence-corrected chi connectivity index (χ2v) is 4.58. The van der Waals surface area contributed by atoms with Gasteiger partial charge in [0.15, 0.2) is 0 Å². The highest BCUT2D eigenvalue weighted by molar-refractivity contribution is 5.35. The van der Waals surface area contributed by atoms with E-state index in [1.807, 2.05) is 20.8 Å². The molecule has 15 heavy (non-hydrogen) atoms. The summed E-state index contributed by atoms with van der Waals surface area (Å²) < 4.78 is 37.7. The van der Waals surface area contributed by atoms with Gasteiger partial charge in [0.05, 0.1) is 5.57 Å². The van der Waals surface area contributed by atoms with Crippen LogP contribution in [0.4, 0.5) is 13.2 Å². The Morgan fingerprint density at radius 1 is 1.07 bits per heavy atom. The van der Waals surface area contributed by atoms with Crippen molar-refractivity contribution in [3.63, 3.8) is 0 Å². The molecule has 0 radical (unpaired) electrons. The number of rotatable bonds is 3. The van der Waals surface area contributed by atoms with E-state index in [9.17, 15) is 13.2 Å². The molecule has 0 bridgehead atoms. The maximum atomic E-state index is 12.6. The van der Waals surface area contributed by atoms with Crippen molar-refractivity contribution in [3.05, 3.63) is 36.5 Å². The average Bonchev–Trinajstić information content (AvgIpc) is 1.98. The summed E-state index contributed by atoms with van der Waals surface area (Å²) >= 11 is 0. The van der Waals surface area contributed by atoms with Crippen molar-refractivity contribution in [3.8, 4) is 0 Å². The van der Waals surface area contributed by atoms with Gasteiger partial charge >= 0.3 is 6.18 Å². The van der Waals surface area contributed by atoms with Crippen molar-refractivity contribution in [2.24, 2.45) is 5.41 Å². The van der Waals surface area contributed by atoms with Gasteiger partial charge in [0.2, 0.25) is 0 Å².